The number of rotatable bonds is 3. The first-order valence-corrected chi connectivity index (χ1v) is 6.29. The second-order valence-electron chi connectivity index (χ2n) is 3.63. The molecule has 0 saturated heterocycles. The molecule has 1 aromatic rings. The first kappa shape index (κ1) is 12.3. The average molecular weight is 296 g/mol. The van der Waals surface area contributed by atoms with Gasteiger partial charge in [0.15, 0.2) is 11.5 Å². The Balaban J connectivity index is 2.07. The predicted molar refractivity (Wildman–Crippen MR) is 70.3 cm³/mol. The summed E-state index contributed by atoms with van der Waals surface area (Å²) in [7, 11) is 0. The lowest BCUT2D eigenvalue weighted by molar-refractivity contribution is 0.170. The van der Waals surface area contributed by atoms with E-state index in [0.717, 1.165) is 28.1 Å². The minimum atomic E-state index is 0.606. The van der Waals surface area contributed by atoms with Crippen molar-refractivity contribution in [2.75, 3.05) is 19.8 Å². The number of benzene rings is 1. The summed E-state index contributed by atoms with van der Waals surface area (Å²) in [4.78, 5) is 0. The van der Waals surface area contributed by atoms with Gasteiger partial charge < -0.3 is 14.8 Å². The maximum Gasteiger partial charge on any atom is 0.175 e. The van der Waals surface area contributed by atoms with E-state index in [1.54, 1.807) is 0 Å². The fourth-order valence-corrected chi connectivity index (χ4v) is 2.23. The van der Waals surface area contributed by atoms with Gasteiger partial charge in [0.05, 0.1) is 11.0 Å². The summed E-state index contributed by atoms with van der Waals surface area (Å²) in [6.07, 6.45) is 0. The van der Waals surface area contributed by atoms with Crippen molar-refractivity contribution >= 4 is 15.9 Å². The largest absolute Gasteiger partial charge is 0.486 e. The van der Waals surface area contributed by atoms with Crippen LogP contribution in [0.15, 0.2) is 16.6 Å². The van der Waals surface area contributed by atoms with E-state index in [9.17, 15) is 0 Å². The van der Waals surface area contributed by atoms with Gasteiger partial charge in [0.1, 0.15) is 13.2 Å². The fraction of sp³-hybridized carbons (Fsp3) is 0.385. The number of halogens is 1. The molecule has 0 unspecified atom stereocenters. The van der Waals surface area contributed by atoms with E-state index in [-0.39, 0.29) is 0 Å². The van der Waals surface area contributed by atoms with Gasteiger partial charge in [-0.2, -0.15) is 0 Å². The SMILES string of the molecule is CC#CCNCc1cc(Br)c2c(c1)OCCO2. The number of hydrogen-bond donors (Lipinski definition) is 1. The summed E-state index contributed by atoms with van der Waals surface area (Å²) in [5.74, 6) is 7.42. The van der Waals surface area contributed by atoms with E-state index in [2.05, 4.69) is 33.1 Å². The molecule has 1 aliphatic heterocycles. The highest BCUT2D eigenvalue weighted by molar-refractivity contribution is 9.10. The molecule has 0 saturated carbocycles. The lowest BCUT2D eigenvalue weighted by Crippen LogP contribution is -2.17. The summed E-state index contributed by atoms with van der Waals surface area (Å²) in [5.41, 5.74) is 1.15. The summed E-state index contributed by atoms with van der Waals surface area (Å²) in [5, 5.41) is 3.25. The molecule has 0 atom stereocenters. The van der Waals surface area contributed by atoms with Gasteiger partial charge >= 0.3 is 0 Å². The van der Waals surface area contributed by atoms with Crippen LogP contribution in [-0.4, -0.2) is 19.8 Å². The van der Waals surface area contributed by atoms with Gasteiger partial charge in [-0.25, -0.2) is 0 Å². The predicted octanol–water partition coefficient (Wildman–Crippen LogP) is 2.33. The summed E-state index contributed by atoms with van der Waals surface area (Å²) in [6, 6.07) is 4.05. The van der Waals surface area contributed by atoms with Crippen LogP contribution in [0.25, 0.3) is 0 Å². The van der Waals surface area contributed by atoms with E-state index in [1.165, 1.54) is 0 Å². The van der Waals surface area contributed by atoms with Crippen LogP contribution in [0.3, 0.4) is 0 Å². The van der Waals surface area contributed by atoms with Crippen molar-refractivity contribution in [3.8, 4) is 23.3 Å². The lowest BCUT2D eigenvalue weighted by atomic mass is 10.2. The van der Waals surface area contributed by atoms with Crippen LogP contribution in [0.4, 0.5) is 0 Å². The molecule has 0 radical (unpaired) electrons. The topological polar surface area (TPSA) is 30.5 Å². The van der Waals surface area contributed by atoms with E-state index < -0.39 is 0 Å². The standard InChI is InChI=1S/C13H14BrNO2/c1-2-3-4-15-9-10-7-11(14)13-12(8-10)16-5-6-17-13/h7-8,15H,4-6,9H2,1H3. The number of nitrogens with one attached hydrogen (secondary N) is 1. The maximum absolute atomic E-state index is 5.56. The highest BCUT2D eigenvalue weighted by Crippen LogP contribution is 2.38. The molecule has 0 amide bonds. The van der Waals surface area contributed by atoms with Crippen LogP contribution >= 0.6 is 15.9 Å². The molecule has 0 fully saturated rings. The van der Waals surface area contributed by atoms with Gasteiger partial charge in [-0.3, -0.25) is 0 Å². The van der Waals surface area contributed by atoms with Crippen LogP contribution in [0.1, 0.15) is 12.5 Å². The highest BCUT2D eigenvalue weighted by Gasteiger charge is 2.15. The smallest absolute Gasteiger partial charge is 0.175 e. The molecule has 1 aromatic carbocycles. The Morgan fingerprint density at radius 1 is 1.35 bits per heavy atom. The average Bonchev–Trinajstić information content (AvgIpc) is 2.35. The van der Waals surface area contributed by atoms with Crippen LogP contribution in [-0.2, 0) is 6.54 Å². The summed E-state index contributed by atoms with van der Waals surface area (Å²) in [6.45, 7) is 4.52. The van der Waals surface area contributed by atoms with Gasteiger partial charge in [-0.1, -0.05) is 5.92 Å². The van der Waals surface area contributed by atoms with E-state index in [4.69, 9.17) is 9.47 Å². The van der Waals surface area contributed by atoms with Gasteiger partial charge in [-0.05, 0) is 40.5 Å². The van der Waals surface area contributed by atoms with Crippen LogP contribution in [0.2, 0.25) is 0 Å². The third-order valence-corrected chi connectivity index (χ3v) is 2.96. The van der Waals surface area contributed by atoms with Gasteiger partial charge in [-0.15, -0.1) is 5.92 Å². The molecule has 90 valence electrons. The van der Waals surface area contributed by atoms with Crippen molar-refractivity contribution in [3.63, 3.8) is 0 Å². The van der Waals surface area contributed by atoms with E-state index in [0.29, 0.717) is 19.8 Å². The second kappa shape index (κ2) is 5.95. The zero-order valence-electron chi connectivity index (χ0n) is 9.68. The quantitative estimate of drug-likeness (QED) is 0.686. The van der Waals surface area contributed by atoms with Crippen molar-refractivity contribution in [2.45, 2.75) is 13.5 Å². The Hall–Kier alpha value is -1.18. The van der Waals surface area contributed by atoms with Gasteiger partial charge in [0.25, 0.3) is 0 Å². The number of hydrogen-bond acceptors (Lipinski definition) is 3. The van der Waals surface area contributed by atoms with Crippen molar-refractivity contribution in [2.24, 2.45) is 0 Å². The minimum absolute atomic E-state index is 0.606. The second-order valence-corrected chi connectivity index (χ2v) is 4.49. The van der Waals surface area contributed by atoms with Crippen LogP contribution < -0.4 is 14.8 Å². The Bertz CT molecular complexity index is 462. The van der Waals surface area contributed by atoms with E-state index in [1.807, 2.05) is 19.1 Å². The first-order chi connectivity index (χ1) is 8.31. The van der Waals surface area contributed by atoms with Gasteiger partial charge in [0, 0.05) is 6.54 Å². The molecule has 0 spiro atoms. The Morgan fingerprint density at radius 2 is 2.18 bits per heavy atom. The maximum atomic E-state index is 5.56. The summed E-state index contributed by atoms with van der Waals surface area (Å²) < 4.78 is 12.0. The fourth-order valence-electron chi connectivity index (χ4n) is 1.62. The molecule has 1 aliphatic rings. The number of ether oxygens (including phenoxy) is 2. The van der Waals surface area contributed by atoms with Crippen molar-refractivity contribution in [3.05, 3.63) is 22.2 Å². The molecular weight excluding hydrogens is 282 g/mol. The Kier molecular flexibility index (Phi) is 4.29. The van der Waals surface area contributed by atoms with Crippen molar-refractivity contribution in [1.29, 1.82) is 0 Å². The third kappa shape index (κ3) is 3.15. The zero-order valence-corrected chi connectivity index (χ0v) is 11.3. The molecule has 1 N–H and O–H groups in total. The number of fused-ring (bicyclic) bond motifs is 1. The molecule has 17 heavy (non-hydrogen) atoms. The lowest BCUT2D eigenvalue weighted by Gasteiger charge is -2.20. The highest BCUT2D eigenvalue weighted by atomic mass is 79.9. The van der Waals surface area contributed by atoms with Crippen LogP contribution in [0, 0.1) is 11.8 Å². The molecular formula is C13H14BrNO2. The summed E-state index contributed by atoms with van der Waals surface area (Å²) >= 11 is 3.49. The zero-order chi connectivity index (χ0) is 12.1. The molecule has 0 aromatic heterocycles. The molecule has 1 heterocycles. The van der Waals surface area contributed by atoms with Crippen molar-refractivity contribution < 1.29 is 9.47 Å². The third-order valence-electron chi connectivity index (χ3n) is 2.38. The molecule has 3 nitrogen and oxygen atoms in total. The minimum Gasteiger partial charge on any atom is -0.486 e. The van der Waals surface area contributed by atoms with E-state index >= 15 is 0 Å². The molecule has 2 rings (SSSR count). The molecule has 0 aliphatic carbocycles. The normalized spacial score (nSPS) is 12.8. The molecule has 4 heteroatoms. The first-order valence-electron chi connectivity index (χ1n) is 5.49. The van der Waals surface area contributed by atoms with Gasteiger partial charge in [0.2, 0.25) is 0 Å². The Morgan fingerprint density at radius 3 is 3.00 bits per heavy atom. The monoisotopic (exact) mass is 295 g/mol. The van der Waals surface area contributed by atoms with Crippen molar-refractivity contribution in [1.82, 2.24) is 5.32 Å². The van der Waals surface area contributed by atoms with Crippen LogP contribution in [0.5, 0.6) is 11.5 Å². The Labute approximate surface area is 110 Å². The molecule has 0 bridgehead atoms.